The van der Waals surface area contributed by atoms with Crippen molar-refractivity contribution >= 4 is 38.1 Å². The first-order valence-electron chi connectivity index (χ1n) is 5.32. The van der Waals surface area contributed by atoms with Gasteiger partial charge in [0.15, 0.2) is 0 Å². The van der Waals surface area contributed by atoms with Crippen LogP contribution in [0.1, 0.15) is 15.4 Å². The summed E-state index contributed by atoms with van der Waals surface area (Å²) < 4.78 is 26.6. The van der Waals surface area contributed by atoms with E-state index in [-0.39, 0.29) is 21.3 Å². The normalized spacial score (nSPS) is 11.2. The highest BCUT2D eigenvalue weighted by Crippen LogP contribution is 2.24. The third-order valence-electron chi connectivity index (χ3n) is 2.33. The van der Waals surface area contributed by atoms with Gasteiger partial charge in [0.2, 0.25) is 11.0 Å². The number of aryl methyl sites for hydroxylation is 1. The number of nitrogens with zero attached hydrogens (tertiary/aromatic N) is 2. The monoisotopic (exact) mass is 313 g/mol. The Kier molecular flexibility index (Phi) is 3.59. The predicted octanol–water partition coefficient (Wildman–Crippen LogP) is 0.328. The number of nitrogen functional groups attached to an aromatic ring is 1. The number of benzene rings is 1. The lowest BCUT2D eigenvalue weighted by Gasteiger charge is -2.08. The molecule has 0 fully saturated rings. The van der Waals surface area contributed by atoms with Gasteiger partial charge in [-0.05, 0) is 25.1 Å². The van der Waals surface area contributed by atoms with Crippen LogP contribution in [0, 0.1) is 6.92 Å². The fourth-order valence-electron chi connectivity index (χ4n) is 1.45. The molecule has 1 aromatic carbocycles. The van der Waals surface area contributed by atoms with E-state index in [9.17, 15) is 13.2 Å². The minimum Gasteiger partial charge on any atom is -0.398 e. The number of anilines is 2. The first-order chi connectivity index (χ1) is 9.29. The van der Waals surface area contributed by atoms with Crippen LogP contribution in [0.3, 0.4) is 0 Å². The maximum Gasteiger partial charge on any atom is 0.265 e. The van der Waals surface area contributed by atoms with E-state index in [0.29, 0.717) is 5.01 Å². The van der Waals surface area contributed by atoms with Crippen LogP contribution < -0.4 is 16.2 Å². The summed E-state index contributed by atoms with van der Waals surface area (Å²) in [5, 5.41) is 8.13. The third kappa shape index (κ3) is 2.86. The summed E-state index contributed by atoms with van der Waals surface area (Å²) in [4.78, 5) is 10.8. The second-order valence-corrected chi connectivity index (χ2v) is 6.68. The predicted molar refractivity (Wildman–Crippen MR) is 74.8 cm³/mol. The topological polar surface area (TPSA) is 141 Å². The number of rotatable bonds is 4. The molecule has 20 heavy (non-hydrogen) atoms. The fourth-order valence-corrected chi connectivity index (χ4v) is 3.39. The van der Waals surface area contributed by atoms with Gasteiger partial charge in [0.1, 0.15) is 9.90 Å². The Morgan fingerprint density at radius 3 is 2.55 bits per heavy atom. The van der Waals surface area contributed by atoms with Gasteiger partial charge in [-0.2, -0.15) is 0 Å². The maximum absolute atomic E-state index is 12.1. The molecule has 5 N–H and O–H groups in total. The second kappa shape index (κ2) is 5.06. The van der Waals surface area contributed by atoms with Crippen LogP contribution in [0.5, 0.6) is 0 Å². The summed E-state index contributed by atoms with van der Waals surface area (Å²) >= 11 is 1.10. The molecule has 1 amide bonds. The van der Waals surface area contributed by atoms with Gasteiger partial charge in [-0.1, -0.05) is 11.3 Å². The van der Waals surface area contributed by atoms with E-state index in [0.717, 1.165) is 11.3 Å². The third-order valence-corrected chi connectivity index (χ3v) is 4.63. The number of carbonyl (C=O) groups excluding carboxylic acids is 1. The van der Waals surface area contributed by atoms with Gasteiger partial charge in [0.05, 0.1) is 5.69 Å². The molecule has 1 aromatic heterocycles. The molecule has 0 saturated heterocycles. The molecule has 2 aromatic rings. The SMILES string of the molecule is Cc1nnc(NS(=O)(=O)c2ccc(C(N)=O)cc2N)s1. The van der Waals surface area contributed by atoms with Crippen molar-refractivity contribution in [3.63, 3.8) is 0 Å². The number of hydrogen-bond acceptors (Lipinski definition) is 7. The lowest BCUT2D eigenvalue weighted by molar-refractivity contribution is 0.1000. The zero-order valence-corrected chi connectivity index (χ0v) is 12.0. The fraction of sp³-hybridized carbons (Fsp3) is 0.100. The number of nitrogens with two attached hydrogens (primary N) is 2. The van der Waals surface area contributed by atoms with Crippen molar-refractivity contribution in [2.45, 2.75) is 11.8 Å². The van der Waals surface area contributed by atoms with Crippen LogP contribution in [0.25, 0.3) is 0 Å². The molecule has 0 aliphatic heterocycles. The van der Waals surface area contributed by atoms with Crippen molar-refractivity contribution in [2.24, 2.45) is 5.73 Å². The highest BCUT2D eigenvalue weighted by atomic mass is 32.2. The Labute approximate surface area is 118 Å². The first-order valence-corrected chi connectivity index (χ1v) is 7.62. The van der Waals surface area contributed by atoms with Gasteiger partial charge in [-0.15, -0.1) is 10.2 Å². The quantitative estimate of drug-likeness (QED) is 0.694. The minimum atomic E-state index is -3.89. The van der Waals surface area contributed by atoms with E-state index in [1.807, 2.05) is 0 Å². The maximum atomic E-state index is 12.1. The zero-order chi connectivity index (χ0) is 14.9. The minimum absolute atomic E-state index is 0.0740. The highest BCUT2D eigenvalue weighted by molar-refractivity contribution is 7.93. The van der Waals surface area contributed by atoms with E-state index in [1.54, 1.807) is 6.92 Å². The Bertz CT molecular complexity index is 769. The molecule has 0 aliphatic carbocycles. The van der Waals surface area contributed by atoms with Gasteiger partial charge in [0, 0.05) is 5.56 Å². The van der Waals surface area contributed by atoms with Crippen LogP contribution in [0.2, 0.25) is 0 Å². The van der Waals surface area contributed by atoms with Crippen LogP contribution in [-0.2, 0) is 10.0 Å². The van der Waals surface area contributed by atoms with Crippen LogP contribution >= 0.6 is 11.3 Å². The Hall–Kier alpha value is -2.20. The van der Waals surface area contributed by atoms with Crippen molar-refractivity contribution in [1.82, 2.24) is 10.2 Å². The molecule has 106 valence electrons. The Balaban J connectivity index is 2.37. The number of nitrogens with one attached hydrogen (secondary N) is 1. The zero-order valence-electron chi connectivity index (χ0n) is 10.3. The van der Waals surface area contributed by atoms with E-state index >= 15 is 0 Å². The molecule has 0 aliphatic rings. The van der Waals surface area contributed by atoms with Crippen molar-refractivity contribution in [2.75, 3.05) is 10.5 Å². The number of primary amides is 1. The number of carbonyl (C=O) groups is 1. The van der Waals surface area contributed by atoms with E-state index in [1.165, 1.54) is 18.2 Å². The largest absolute Gasteiger partial charge is 0.398 e. The van der Waals surface area contributed by atoms with Crippen LogP contribution in [-0.4, -0.2) is 24.5 Å². The summed E-state index contributed by atoms with van der Waals surface area (Å²) in [5.74, 6) is -0.687. The number of hydrogen-bond donors (Lipinski definition) is 3. The summed E-state index contributed by atoms with van der Waals surface area (Å²) in [6, 6.07) is 3.71. The van der Waals surface area contributed by atoms with Gasteiger partial charge in [0.25, 0.3) is 10.0 Å². The van der Waals surface area contributed by atoms with Gasteiger partial charge < -0.3 is 11.5 Å². The molecule has 8 nitrogen and oxygen atoms in total. The summed E-state index contributed by atoms with van der Waals surface area (Å²) in [6.45, 7) is 1.70. The molecule has 1 heterocycles. The van der Waals surface area contributed by atoms with E-state index in [2.05, 4.69) is 14.9 Å². The van der Waals surface area contributed by atoms with Gasteiger partial charge in [-0.25, -0.2) is 8.42 Å². The molecular formula is C10H11N5O3S2. The molecule has 10 heteroatoms. The smallest absolute Gasteiger partial charge is 0.265 e. The van der Waals surface area contributed by atoms with Crippen molar-refractivity contribution in [3.05, 3.63) is 28.8 Å². The number of aromatic nitrogens is 2. The van der Waals surface area contributed by atoms with Crippen molar-refractivity contribution in [3.8, 4) is 0 Å². The lowest BCUT2D eigenvalue weighted by Crippen LogP contribution is -2.16. The molecule has 0 spiro atoms. The molecular weight excluding hydrogens is 302 g/mol. The molecule has 2 rings (SSSR count). The average Bonchev–Trinajstić information content (AvgIpc) is 2.73. The molecule has 0 atom stereocenters. The summed E-state index contributed by atoms with van der Waals surface area (Å²) in [6.07, 6.45) is 0. The standard InChI is InChI=1S/C10H11N5O3S2/c1-5-13-14-10(19-5)15-20(17,18)8-3-2-6(9(12)16)4-7(8)11/h2-4H,11H2,1H3,(H2,12,16)(H,14,15). The molecule has 0 radical (unpaired) electrons. The van der Waals surface area contributed by atoms with Gasteiger partial charge >= 0.3 is 0 Å². The van der Waals surface area contributed by atoms with Crippen LogP contribution in [0.15, 0.2) is 23.1 Å². The summed E-state index contributed by atoms with van der Waals surface area (Å²) in [5.41, 5.74) is 10.8. The molecule has 0 bridgehead atoms. The number of amides is 1. The molecule has 0 unspecified atom stereocenters. The average molecular weight is 313 g/mol. The Morgan fingerprint density at radius 2 is 2.05 bits per heavy atom. The number of sulfonamides is 1. The highest BCUT2D eigenvalue weighted by Gasteiger charge is 2.20. The lowest BCUT2D eigenvalue weighted by atomic mass is 10.2. The summed E-state index contributed by atoms with van der Waals surface area (Å²) in [7, 11) is -3.89. The van der Waals surface area contributed by atoms with Gasteiger partial charge in [-0.3, -0.25) is 9.52 Å². The van der Waals surface area contributed by atoms with Crippen molar-refractivity contribution in [1.29, 1.82) is 0 Å². The molecule has 0 saturated carbocycles. The van der Waals surface area contributed by atoms with E-state index < -0.39 is 15.9 Å². The van der Waals surface area contributed by atoms with Crippen molar-refractivity contribution < 1.29 is 13.2 Å². The Morgan fingerprint density at radius 1 is 1.35 bits per heavy atom. The van der Waals surface area contributed by atoms with Crippen LogP contribution in [0.4, 0.5) is 10.8 Å². The van der Waals surface area contributed by atoms with E-state index in [4.69, 9.17) is 11.5 Å². The second-order valence-electron chi connectivity index (χ2n) is 3.85. The first kappa shape index (κ1) is 14.2.